The van der Waals surface area contributed by atoms with Crippen molar-refractivity contribution in [1.82, 2.24) is 9.88 Å². The van der Waals surface area contributed by atoms with E-state index in [1.54, 1.807) is 13.1 Å². The Hall–Kier alpha value is -3.12. The predicted molar refractivity (Wildman–Crippen MR) is 168 cm³/mol. The van der Waals surface area contributed by atoms with Crippen LogP contribution < -0.4 is 44.9 Å². The van der Waals surface area contributed by atoms with Crippen molar-refractivity contribution in [1.29, 1.82) is 0 Å². The first kappa shape index (κ1) is 32.3. The topological polar surface area (TPSA) is 142 Å². The Morgan fingerprint density at radius 3 is 1.70 bits per heavy atom. The van der Waals surface area contributed by atoms with Crippen LogP contribution in [0.2, 0.25) is 0 Å². The van der Waals surface area contributed by atoms with Gasteiger partial charge in [-0.05, 0) is 55.7 Å². The van der Waals surface area contributed by atoms with Crippen LogP contribution in [0.3, 0.4) is 0 Å². The molecule has 1 aromatic heterocycles. The van der Waals surface area contributed by atoms with Gasteiger partial charge in [-0.3, -0.25) is 9.69 Å². The summed E-state index contributed by atoms with van der Waals surface area (Å²) in [6, 6.07) is 32.1. The molecule has 2 aliphatic heterocycles. The fourth-order valence-electron chi connectivity index (χ4n) is 5.33. The molecule has 13 heteroatoms. The van der Waals surface area contributed by atoms with Crippen molar-refractivity contribution < 1.29 is 38.1 Å². The highest BCUT2D eigenvalue weighted by Gasteiger charge is 2.53. The number of hydrogen-bond donors (Lipinski definition) is 0. The standard InChI is InChI=1S/C31H29N3O2PS2.ClHO4/c1-33-29(35)26(39-31(33)38)22-27-32-28(30(36-27)34-20-12-5-13-21-34)37(23-14-6-2-7-15-23,24-16-8-3-9-17-24)25-18-10-4-11-19-25;2-1(3,4)5/h2-4,6-11,14-19,22H,5,12-13,20-21H2,1H3;(H,2,3,4,5)/q+1;/p-1/b26-22+;. The molecule has 0 aliphatic carbocycles. The molecule has 9 nitrogen and oxygen atoms in total. The van der Waals surface area contributed by atoms with E-state index in [9.17, 15) is 4.79 Å². The fourth-order valence-corrected chi connectivity index (χ4v) is 10.7. The number of anilines is 1. The first-order valence-electron chi connectivity index (χ1n) is 13.7. The van der Waals surface area contributed by atoms with Gasteiger partial charge in [-0.25, -0.2) is 18.6 Å². The normalized spacial score (nSPS) is 16.7. The molecule has 3 aromatic carbocycles. The van der Waals surface area contributed by atoms with Crippen molar-refractivity contribution in [2.24, 2.45) is 0 Å². The summed E-state index contributed by atoms with van der Waals surface area (Å²) in [5.74, 6) is 1.11. The lowest BCUT2D eigenvalue weighted by Crippen LogP contribution is -2.68. The summed E-state index contributed by atoms with van der Waals surface area (Å²) >= 11 is 6.66. The molecule has 0 atom stereocenters. The lowest BCUT2D eigenvalue weighted by atomic mass is 10.1. The first-order valence-corrected chi connectivity index (χ1v) is 18.0. The molecule has 0 saturated carbocycles. The molecule has 4 aromatic rings. The third-order valence-electron chi connectivity index (χ3n) is 7.24. The van der Waals surface area contributed by atoms with E-state index in [1.165, 1.54) is 39.0 Å². The number of hydrogen-bond acceptors (Lipinski definition) is 10. The van der Waals surface area contributed by atoms with Gasteiger partial charge in [-0.1, -0.05) is 78.6 Å². The largest absolute Gasteiger partial charge is 0.417 e. The summed E-state index contributed by atoms with van der Waals surface area (Å²) in [7, 11) is -5.72. The molecule has 228 valence electrons. The molecule has 0 spiro atoms. The number of thiocarbonyl (C=S) groups is 1. The predicted octanol–water partition coefficient (Wildman–Crippen LogP) is 0.359. The summed E-state index contributed by atoms with van der Waals surface area (Å²) in [6.07, 6.45) is 5.19. The van der Waals surface area contributed by atoms with E-state index in [0.29, 0.717) is 15.1 Å². The van der Waals surface area contributed by atoms with Crippen molar-refractivity contribution in [2.45, 2.75) is 19.3 Å². The second kappa shape index (κ2) is 13.9. The first-order chi connectivity index (χ1) is 21.1. The highest BCUT2D eigenvalue weighted by Crippen LogP contribution is 2.56. The maximum Gasteiger partial charge on any atom is 0.266 e. The van der Waals surface area contributed by atoms with Crippen LogP contribution in [0.15, 0.2) is 100 Å². The van der Waals surface area contributed by atoms with Crippen molar-refractivity contribution in [2.75, 3.05) is 25.0 Å². The summed E-state index contributed by atoms with van der Waals surface area (Å²) in [4.78, 5) is 22.5. The van der Waals surface area contributed by atoms with Crippen LogP contribution in [0.25, 0.3) is 6.08 Å². The number of likely N-dealkylation sites (N-methyl/N-ethyl adjacent to an activating group) is 1. The third-order valence-corrected chi connectivity index (χ3v) is 12.9. The van der Waals surface area contributed by atoms with Gasteiger partial charge in [0.1, 0.15) is 20.2 Å². The van der Waals surface area contributed by atoms with E-state index in [2.05, 4.69) is 95.9 Å². The Balaban J connectivity index is 0.000000712. The van der Waals surface area contributed by atoms with E-state index in [-0.39, 0.29) is 5.91 Å². The average Bonchev–Trinajstić information content (AvgIpc) is 3.55. The van der Waals surface area contributed by atoms with Crippen LogP contribution in [0.4, 0.5) is 5.88 Å². The Morgan fingerprint density at radius 2 is 1.30 bits per heavy atom. The Bertz CT molecular complexity index is 1530. The van der Waals surface area contributed by atoms with Crippen LogP contribution >= 0.6 is 31.2 Å². The number of halogens is 1. The quantitative estimate of drug-likeness (QED) is 0.161. The maximum atomic E-state index is 12.9. The minimum absolute atomic E-state index is 0.125. The van der Waals surface area contributed by atoms with Crippen LogP contribution in [0, 0.1) is 10.2 Å². The number of nitrogens with zero attached hydrogens (tertiary/aromatic N) is 3. The van der Waals surface area contributed by atoms with Gasteiger partial charge in [0.05, 0.1) is 4.91 Å². The summed E-state index contributed by atoms with van der Waals surface area (Å²) < 4.78 is 41.2. The van der Waals surface area contributed by atoms with Gasteiger partial charge >= 0.3 is 0 Å². The fraction of sp³-hybridized carbons (Fsp3) is 0.194. The lowest BCUT2D eigenvalue weighted by Gasteiger charge is -2.30. The highest BCUT2D eigenvalue weighted by molar-refractivity contribution is 8.26. The second-order valence-corrected chi connectivity index (χ2v) is 15.8. The van der Waals surface area contributed by atoms with E-state index in [0.717, 1.165) is 37.3 Å². The molecule has 6 rings (SSSR count). The third kappa shape index (κ3) is 7.06. The molecular formula is C31H29ClN3O6PS2. The Labute approximate surface area is 267 Å². The van der Waals surface area contributed by atoms with E-state index < -0.39 is 17.5 Å². The SMILES string of the molecule is CN1C(=O)/C(=C\c2nc([P+](c3ccccc3)(c3ccccc3)c3ccccc3)c(N3CCCCC3)o2)SC1=S.[O-][Cl+3]([O-])([O-])[O-]. The van der Waals surface area contributed by atoms with Gasteiger partial charge in [0.25, 0.3) is 17.2 Å². The number of rotatable bonds is 6. The molecular weight excluding hydrogens is 641 g/mol. The number of aromatic nitrogens is 1. The van der Waals surface area contributed by atoms with Crippen LogP contribution in [0.5, 0.6) is 0 Å². The van der Waals surface area contributed by atoms with Gasteiger partial charge in [0, 0.05) is 26.2 Å². The number of piperidine rings is 1. The molecule has 0 unspecified atom stereocenters. The number of thioether (sulfide) groups is 1. The zero-order valence-electron chi connectivity index (χ0n) is 23.7. The zero-order chi connectivity index (χ0) is 31.3. The molecule has 2 aliphatic rings. The molecule has 0 N–H and O–H groups in total. The van der Waals surface area contributed by atoms with Crippen molar-refractivity contribution in [3.63, 3.8) is 0 Å². The average molecular weight is 670 g/mol. The van der Waals surface area contributed by atoms with Gasteiger partial charge < -0.3 is 9.32 Å². The van der Waals surface area contributed by atoms with Gasteiger partial charge in [-0.15, -0.1) is 10.2 Å². The Kier molecular flexibility index (Phi) is 10.2. The van der Waals surface area contributed by atoms with Crippen LogP contribution in [0.1, 0.15) is 25.2 Å². The Morgan fingerprint density at radius 1 is 0.841 bits per heavy atom. The zero-order valence-corrected chi connectivity index (χ0v) is 27.0. The van der Waals surface area contributed by atoms with Crippen molar-refractivity contribution >= 4 is 74.8 Å². The number of benzene rings is 3. The molecule has 3 heterocycles. The maximum absolute atomic E-state index is 12.9. The number of amides is 1. The van der Waals surface area contributed by atoms with Crippen LogP contribution in [-0.4, -0.2) is 40.2 Å². The van der Waals surface area contributed by atoms with E-state index >= 15 is 0 Å². The second-order valence-electron chi connectivity index (χ2n) is 10.0. The van der Waals surface area contributed by atoms with Gasteiger partial charge in [0.15, 0.2) is 7.26 Å². The molecule has 0 bridgehead atoms. The number of carbonyl (C=O) groups excluding carboxylic acids is 1. The summed E-state index contributed by atoms with van der Waals surface area (Å²) in [6.45, 7) is 1.83. The van der Waals surface area contributed by atoms with Gasteiger partial charge in [-0.2, -0.15) is 4.98 Å². The number of carbonyl (C=O) groups is 1. The molecule has 2 fully saturated rings. The number of oxazole rings is 1. The molecule has 1 amide bonds. The monoisotopic (exact) mass is 669 g/mol. The van der Waals surface area contributed by atoms with Gasteiger partial charge in [0.2, 0.25) is 5.89 Å². The van der Waals surface area contributed by atoms with Crippen molar-refractivity contribution in [3.8, 4) is 0 Å². The molecule has 2 saturated heterocycles. The van der Waals surface area contributed by atoms with Crippen molar-refractivity contribution in [3.05, 3.63) is 102 Å². The highest BCUT2D eigenvalue weighted by atomic mass is 35.7. The minimum atomic E-state index is -4.94. The molecule has 0 radical (unpaired) electrons. The minimum Gasteiger partial charge on any atom is -0.417 e. The lowest BCUT2D eigenvalue weighted by molar-refractivity contribution is -2.00. The summed E-state index contributed by atoms with van der Waals surface area (Å²) in [5, 5.41) is 3.63. The van der Waals surface area contributed by atoms with E-state index in [4.69, 9.17) is 40.3 Å². The van der Waals surface area contributed by atoms with E-state index in [1.807, 2.05) is 0 Å². The summed E-state index contributed by atoms with van der Waals surface area (Å²) in [5.41, 5.74) is 0.936. The van der Waals surface area contributed by atoms with Crippen LogP contribution in [-0.2, 0) is 4.79 Å². The molecule has 44 heavy (non-hydrogen) atoms. The smallest absolute Gasteiger partial charge is 0.266 e.